The highest BCUT2D eigenvalue weighted by Crippen LogP contribution is 2.25. The molecule has 0 heterocycles. The van der Waals surface area contributed by atoms with Gasteiger partial charge >= 0.3 is 0 Å². The molecule has 0 radical (unpaired) electrons. The quantitative estimate of drug-likeness (QED) is 0.441. The second kappa shape index (κ2) is 5.26. The summed E-state index contributed by atoms with van der Waals surface area (Å²) in [6.07, 6.45) is -0.903. The highest BCUT2D eigenvalue weighted by atomic mass is 16.6. The van der Waals surface area contributed by atoms with Gasteiger partial charge in [-0.15, -0.1) is 0 Å². The Labute approximate surface area is 93.0 Å². The Bertz CT molecular complexity index is 458. The zero-order valence-electron chi connectivity index (χ0n) is 8.80. The van der Waals surface area contributed by atoms with E-state index < -0.39 is 11.0 Å². The number of benzene rings is 1. The maximum atomic E-state index is 10.7. The van der Waals surface area contributed by atoms with E-state index in [0.29, 0.717) is 5.56 Å². The van der Waals surface area contributed by atoms with Crippen molar-refractivity contribution in [2.75, 3.05) is 6.54 Å². The first kappa shape index (κ1) is 12.2. The minimum atomic E-state index is -0.903. The van der Waals surface area contributed by atoms with Gasteiger partial charge in [-0.1, -0.05) is 11.8 Å². The molecule has 0 fully saturated rings. The molecule has 0 aliphatic carbocycles. The number of nitro groups is 1. The van der Waals surface area contributed by atoms with Crippen LogP contribution in [-0.4, -0.2) is 16.6 Å². The third-order valence-electron chi connectivity index (χ3n) is 2.01. The van der Waals surface area contributed by atoms with Gasteiger partial charge in [0, 0.05) is 11.6 Å². The predicted molar refractivity (Wildman–Crippen MR) is 59.7 cm³/mol. The molecule has 0 saturated heterocycles. The number of hydrogen-bond acceptors (Lipinski definition) is 4. The Morgan fingerprint density at radius 3 is 2.81 bits per heavy atom. The third-order valence-corrected chi connectivity index (χ3v) is 2.01. The lowest BCUT2D eigenvalue weighted by Crippen LogP contribution is -2.00. The van der Waals surface area contributed by atoms with Gasteiger partial charge in [-0.05, 0) is 19.1 Å². The van der Waals surface area contributed by atoms with Crippen LogP contribution in [0.25, 0.3) is 0 Å². The minimum Gasteiger partial charge on any atom is -0.388 e. The number of rotatable bonds is 2. The molecule has 0 bridgehead atoms. The Balaban J connectivity index is 3.22. The molecule has 0 aliphatic heterocycles. The van der Waals surface area contributed by atoms with Gasteiger partial charge in [-0.2, -0.15) is 0 Å². The van der Waals surface area contributed by atoms with Crippen molar-refractivity contribution >= 4 is 5.69 Å². The summed E-state index contributed by atoms with van der Waals surface area (Å²) >= 11 is 0. The number of nitro benzene ring substituents is 1. The standard InChI is InChI=1S/C11H12N2O3/c1-8(14)10-7-9(3-2-6-12)4-5-11(10)13(15)16/h4-5,7-8,14H,6,12H2,1H3. The summed E-state index contributed by atoms with van der Waals surface area (Å²) in [4.78, 5) is 10.2. The Morgan fingerprint density at radius 2 is 2.31 bits per heavy atom. The molecule has 1 aromatic rings. The van der Waals surface area contributed by atoms with Crippen molar-refractivity contribution in [3.8, 4) is 11.8 Å². The van der Waals surface area contributed by atoms with E-state index in [-0.39, 0.29) is 17.8 Å². The van der Waals surface area contributed by atoms with E-state index in [0.717, 1.165) is 0 Å². The van der Waals surface area contributed by atoms with Crippen LogP contribution in [0.1, 0.15) is 24.2 Å². The van der Waals surface area contributed by atoms with Gasteiger partial charge in [0.25, 0.3) is 5.69 Å². The first-order valence-corrected chi connectivity index (χ1v) is 4.71. The average Bonchev–Trinajstić information content (AvgIpc) is 2.25. The molecular weight excluding hydrogens is 208 g/mol. The van der Waals surface area contributed by atoms with Gasteiger partial charge in [0.05, 0.1) is 23.1 Å². The molecule has 84 valence electrons. The summed E-state index contributed by atoms with van der Waals surface area (Å²) in [7, 11) is 0. The third kappa shape index (κ3) is 2.79. The molecule has 0 aliphatic rings. The van der Waals surface area contributed by atoms with Gasteiger partial charge in [0.2, 0.25) is 0 Å². The molecule has 1 atom stereocenters. The Kier molecular flexibility index (Phi) is 4.00. The molecule has 16 heavy (non-hydrogen) atoms. The molecule has 3 N–H and O–H groups in total. The lowest BCUT2D eigenvalue weighted by molar-refractivity contribution is -0.386. The summed E-state index contributed by atoms with van der Waals surface area (Å²) in [5.74, 6) is 5.40. The fourth-order valence-corrected chi connectivity index (χ4v) is 1.29. The lowest BCUT2D eigenvalue weighted by atomic mass is 10.0. The number of nitrogens with zero attached hydrogens (tertiary/aromatic N) is 1. The van der Waals surface area contributed by atoms with E-state index in [1.807, 2.05) is 0 Å². The van der Waals surface area contributed by atoms with Crippen LogP contribution < -0.4 is 5.73 Å². The largest absolute Gasteiger partial charge is 0.388 e. The van der Waals surface area contributed by atoms with Crippen molar-refractivity contribution in [3.63, 3.8) is 0 Å². The molecule has 0 amide bonds. The van der Waals surface area contributed by atoms with E-state index in [9.17, 15) is 15.2 Å². The second-order valence-electron chi connectivity index (χ2n) is 3.21. The van der Waals surface area contributed by atoms with Crippen molar-refractivity contribution < 1.29 is 10.0 Å². The minimum absolute atomic E-state index is 0.103. The van der Waals surface area contributed by atoms with Crippen molar-refractivity contribution in [1.82, 2.24) is 0 Å². The first-order valence-electron chi connectivity index (χ1n) is 4.71. The smallest absolute Gasteiger partial charge is 0.275 e. The topological polar surface area (TPSA) is 89.4 Å². The average molecular weight is 220 g/mol. The Hall–Kier alpha value is -1.90. The van der Waals surface area contributed by atoms with Crippen LogP contribution in [0.15, 0.2) is 18.2 Å². The fourth-order valence-electron chi connectivity index (χ4n) is 1.29. The molecule has 1 aromatic carbocycles. The molecule has 0 aromatic heterocycles. The van der Waals surface area contributed by atoms with E-state index in [1.54, 1.807) is 0 Å². The van der Waals surface area contributed by atoms with Crippen LogP contribution in [0.4, 0.5) is 5.69 Å². The molecule has 0 saturated carbocycles. The maximum absolute atomic E-state index is 10.7. The van der Waals surface area contributed by atoms with Crippen LogP contribution in [-0.2, 0) is 0 Å². The summed E-state index contributed by atoms with van der Waals surface area (Å²) in [5, 5.41) is 20.1. The zero-order chi connectivity index (χ0) is 12.1. The van der Waals surface area contributed by atoms with E-state index in [1.165, 1.54) is 25.1 Å². The zero-order valence-corrected chi connectivity index (χ0v) is 8.80. The van der Waals surface area contributed by atoms with Gasteiger partial charge in [-0.3, -0.25) is 10.1 Å². The molecule has 0 spiro atoms. The lowest BCUT2D eigenvalue weighted by Gasteiger charge is -2.05. The Morgan fingerprint density at radius 1 is 1.62 bits per heavy atom. The molecule has 1 unspecified atom stereocenters. The highest BCUT2D eigenvalue weighted by Gasteiger charge is 2.17. The normalized spacial score (nSPS) is 11.4. The van der Waals surface area contributed by atoms with Crippen molar-refractivity contribution in [1.29, 1.82) is 0 Å². The predicted octanol–water partition coefficient (Wildman–Crippen LogP) is 0.958. The molecule has 5 nitrogen and oxygen atoms in total. The van der Waals surface area contributed by atoms with Crippen LogP contribution in [0.2, 0.25) is 0 Å². The highest BCUT2D eigenvalue weighted by molar-refractivity contribution is 5.48. The van der Waals surface area contributed by atoms with Crippen LogP contribution in [0.3, 0.4) is 0 Å². The first-order chi connectivity index (χ1) is 7.56. The number of aliphatic hydroxyl groups excluding tert-OH is 1. The van der Waals surface area contributed by atoms with Crippen molar-refractivity contribution in [2.45, 2.75) is 13.0 Å². The van der Waals surface area contributed by atoms with Gasteiger partial charge < -0.3 is 10.8 Å². The number of hydrogen-bond donors (Lipinski definition) is 2. The number of aliphatic hydroxyl groups is 1. The fraction of sp³-hybridized carbons (Fsp3) is 0.273. The summed E-state index contributed by atoms with van der Waals surface area (Å²) in [6, 6.07) is 4.38. The number of nitrogens with two attached hydrogens (primary N) is 1. The van der Waals surface area contributed by atoms with Crippen LogP contribution in [0.5, 0.6) is 0 Å². The summed E-state index contributed by atoms with van der Waals surface area (Å²) < 4.78 is 0. The van der Waals surface area contributed by atoms with Crippen LogP contribution >= 0.6 is 0 Å². The molecule has 5 heteroatoms. The van der Waals surface area contributed by atoms with Gasteiger partial charge in [0.1, 0.15) is 0 Å². The van der Waals surface area contributed by atoms with Crippen molar-refractivity contribution in [3.05, 3.63) is 39.4 Å². The van der Waals surface area contributed by atoms with Crippen LogP contribution in [0, 0.1) is 22.0 Å². The monoisotopic (exact) mass is 220 g/mol. The van der Waals surface area contributed by atoms with Gasteiger partial charge in [0.15, 0.2) is 0 Å². The molecule has 1 rings (SSSR count). The van der Waals surface area contributed by atoms with E-state index in [4.69, 9.17) is 5.73 Å². The molecular formula is C11H12N2O3. The van der Waals surface area contributed by atoms with Gasteiger partial charge in [-0.25, -0.2) is 0 Å². The summed E-state index contributed by atoms with van der Waals surface area (Å²) in [6.45, 7) is 1.70. The second-order valence-corrected chi connectivity index (χ2v) is 3.21. The maximum Gasteiger partial charge on any atom is 0.275 e. The van der Waals surface area contributed by atoms with E-state index in [2.05, 4.69) is 11.8 Å². The summed E-state index contributed by atoms with van der Waals surface area (Å²) in [5.41, 5.74) is 5.98. The SMILES string of the molecule is CC(O)c1cc(C#CCN)ccc1[N+](=O)[O-]. The van der Waals surface area contributed by atoms with Crippen molar-refractivity contribution in [2.24, 2.45) is 5.73 Å². The van der Waals surface area contributed by atoms with E-state index >= 15 is 0 Å².